The van der Waals surface area contributed by atoms with Crippen molar-refractivity contribution in [2.24, 2.45) is 23.7 Å². The Balaban J connectivity index is 2.09. The number of unbranched alkanes of at least 4 members (excludes halogenated alkanes) is 1. The number of methoxy groups -OCH3 is 2. The van der Waals surface area contributed by atoms with Crippen LogP contribution in [0, 0.1) is 23.7 Å². The second-order valence-corrected chi connectivity index (χ2v) is 9.28. The Morgan fingerprint density at radius 2 is 1.81 bits per heavy atom. The van der Waals surface area contributed by atoms with Gasteiger partial charge in [0.25, 0.3) is 0 Å². The van der Waals surface area contributed by atoms with Crippen LogP contribution in [0.25, 0.3) is 0 Å². The molecule has 2 rings (SSSR count). The van der Waals surface area contributed by atoms with Crippen LogP contribution in [-0.4, -0.2) is 49.3 Å². The molecule has 4 heteroatoms. The van der Waals surface area contributed by atoms with Crippen molar-refractivity contribution < 1.29 is 14.3 Å². The molecular weight excluding hydrogens is 338 g/mol. The summed E-state index contributed by atoms with van der Waals surface area (Å²) in [5.41, 5.74) is 0. The van der Waals surface area contributed by atoms with Crippen molar-refractivity contribution in [3.05, 3.63) is 0 Å². The molecule has 158 valence electrons. The molecule has 0 N–H and O–H groups in total. The first-order chi connectivity index (χ1) is 12.9. The molecule has 7 unspecified atom stereocenters. The molecule has 7 atom stereocenters. The minimum atomic E-state index is 0.0255. The fraction of sp³-hybridized carbons (Fsp3) is 0.957. The van der Waals surface area contributed by atoms with E-state index < -0.39 is 0 Å². The number of hydrogen-bond donors (Lipinski definition) is 0. The quantitative estimate of drug-likeness (QED) is 0.482. The molecule has 1 aliphatic heterocycles. The van der Waals surface area contributed by atoms with Crippen LogP contribution in [0.15, 0.2) is 0 Å². The average molecular weight is 382 g/mol. The molecular formula is C23H43NO3. The summed E-state index contributed by atoms with van der Waals surface area (Å²) in [6, 6.07) is 0.690. The lowest BCUT2D eigenvalue weighted by molar-refractivity contribution is -0.141. The first-order valence-corrected chi connectivity index (χ1v) is 11.3. The SMILES string of the molecule is CCCCC(C(C)CC)C(CC(=O)N1C2CC2CC1C(OC)C(C)C)OC. The number of piperidine rings is 1. The minimum absolute atomic E-state index is 0.0255. The molecule has 1 heterocycles. The lowest BCUT2D eigenvalue weighted by atomic mass is 9.81. The number of nitrogens with zero attached hydrogens (tertiary/aromatic N) is 1. The van der Waals surface area contributed by atoms with Gasteiger partial charge in [0, 0.05) is 20.3 Å². The van der Waals surface area contributed by atoms with E-state index in [1.165, 1.54) is 19.3 Å². The molecule has 27 heavy (non-hydrogen) atoms. The maximum atomic E-state index is 13.4. The normalized spacial score (nSPS) is 28.7. The monoisotopic (exact) mass is 381 g/mol. The van der Waals surface area contributed by atoms with Crippen LogP contribution < -0.4 is 0 Å². The fourth-order valence-electron chi connectivity index (χ4n) is 5.30. The van der Waals surface area contributed by atoms with Gasteiger partial charge >= 0.3 is 0 Å². The maximum absolute atomic E-state index is 13.4. The largest absolute Gasteiger partial charge is 0.381 e. The second kappa shape index (κ2) is 10.2. The van der Waals surface area contributed by atoms with Crippen LogP contribution >= 0.6 is 0 Å². The molecule has 0 aromatic heterocycles. The van der Waals surface area contributed by atoms with Gasteiger partial charge in [-0.2, -0.15) is 0 Å². The third kappa shape index (κ3) is 5.26. The minimum Gasteiger partial charge on any atom is -0.381 e. The number of fused-ring (bicyclic) bond motifs is 1. The molecule has 2 aliphatic rings. The Labute approximate surface area is 167 Å². The maximum Gasteiger partial charge on any atom is 0.225 e. The van der Waals surface area contributed by atoms with E-state index in [0.29, 0.717) is 36.1 Å². The number of amides is 1. The summed E-state index contributed by atoms with van der Waals surface area (Å²) in [7, 11) is 3.58. The zero-order chi connectivity index (χ0) is 20.1. The number of ether oxygens (including phenoxy) is 2. The number of carbonyl (C=O) groups excluding carboxylic acids is 1. The van der Waals surface area contributed by atoms with Gasteiger partial charge in [-0.25, -0.2) is 0 Å². The number of likely N-dealkylation sites (tertiary alicyclic amines) is 1. The van der Waals surface area contributed by atoms with E-state index in [1.807, 2.05) is 0 Å². The van der Waals surface area contributed by atoms with Crippen LogP contribution in [0.3, 0.4) is 0 Å². The van der Waals surface area contributed by atoms with E-state index in [4.69, 9.17) is 9.47 Å². The highest BCUT2D eigenvalue weighted by molar-refractivity contribution is 5.78. The van der Waals surface area contributed by atoms with Gasteiger partial charge in [-0.05, 0) is 42.9 Å². The van der Waals surface area contributed by atoms with Crippen LogP contribution in [0.4, 0.5) is 0 Å². The van der Waals surface area contributed by atoms with Crippen molar-refractivity contribution in [3.8, 4) is 0 Å². The Morgan fingerprint density at radius 1 is 1.11 bits per heavy atom. The highest BCUT2D eigenvalue weighted by Crippen LogP contribution is 2.50. The van der Waals surface area contributed by atoms with E-state index >= 15 is 0 Å². The molecule has 1 aliphatic carbocycles. The summed E-state index contributed by atoms with van der Waals surface area (Å²) in [6.45, 7) is 11.2. The Bertz CT molecular complexity index is 467. The molecule has 1 saturated heterocycles. The van der Waals surface area contributed by atoms with E-state index in [-0.39, 0.29) is 24.2 Å². The lowest BCUT2D eigenvalue weighted by Crippen LogP contribution is -2.49. The van der Waals surface area contributed by atoms with E-state index in [1.54, 1.807) is 14.2 Å². The molecule has 2 fully saturated rings. The summed E-state index contributed by atoms with van der Waals surface area (Å²) in [5, 5.41) is 0. The standard InChI is InChI=1S/C23H43NO3/c1-8-10-11-18(16(5)9-2)21(26-6)14-22(25)24-19-12-17(19)13-20(24)23(27-7)15(3)4/h15-21,23H,8-14H2,1-7H3. The van der Waals surface area contributed by atoms with Gasteiger partial charge in [0.05, 0.1) is 24.7 Å². The summed E-state index contributed by atoms with van der Waals surface area (Å²) >= 11 is 0. The Hall–Kier alpha value is -0.610. The van der Waals surface area contributed by atoms with Crippen molar-refractivity contribution in [3.63, 3.8) is 0 Å². The summed E-state index contributed by atoms with van der Waals surface area (Å²) in [4.78, 5) is 15.6. The lowest BCUT2D eigenvalue weighted by Gasteiger charge is -2.37. The number of rotatable bonds is 12. The third-order valence-corrected chi connectivity index (χ3v) is 7.16. The average Bonchev–Trinajstić information content (AvgIpc) is 3.30. The predicted octanol–water partition coefficient (Wildman–Crippen LogP) is 4.90. The molecule has 0 aromatic carbocycles. The third-order valence-electron chi connectivity index (χ3n) is 7.16. The zero-order valence-corrected chi connectivity index (χ0v) is 18.7. The first-order valence-electron chi connectivity index (χ1n) is 11.3. The summed E-state index contributed by atoms with van der Waals surface area (Å²) in [5.74, 6) is 2.44. The highest BCUT2D eigenvalue weighted by Gasteiger charge is 2.56. The predicted molar refractivity (Wildman–Crippen MR) is 111 cm³/mol. The van der Waals surface area contributed by atoms with E-state index in [2.05, 4.69) is 39.5 Å². The van der Waals surface area contributed by atoms with Gasteiger partial charge < -0.3 is 14.4 Å². The molecule has 1 saturated carbocycles. The van der Waals surface area contributed by atoms with E-state index in [0.717, 1.165) is 19.3 Å². The highest BCUT2D eigenvalue weighted by atomic mass is 16.5. The van der Waals surface area contributed by atoms with Gasteiger partial charge in [0.2, 0.25) is 5.91 Å². The number of carbonyl (C=O) groups is 1. The van der Waals surface area contributed by atoms with Crippen LogP contribution in [-0.2, 0) is 14.3 Å². The zero-order valence-electron chi connectivity index (χ0n) is 18.7. The van der Waals surface area contributed by atoms with Crippen molar-refractivity contribution >= 4 is 5.91 Å². The van der Waals surface area contributed by atoms with Crippen molar-refractivity contribution in [2.45, 2.75) is 104 Å². The topological polar surface area (TPSA) is 38.8 Å². The van der Waals surface area contributed by atoms with Crippen molar-refractivity contribution in [1.29, 1.82) is 0 Å². The summed E-state index contributed by atoms with van der Waals surface area (Å²) in [6.07, 6.45) is 7.65. The molecule has 0 spiro atoms. The smallest absolute Gasteiger partial charge is 0.225 e. The van der Waals surface area contributed by atoms with Gasteiger partial charge in [0.1, 0.15) is 0 Å². The van der Waals surface area contributed by atoms with Crippen molar-refractivity contribution in [1.82, 2.24) is 4.90 Å². The van der Waals surface area contributed by atoms with Gasteiger partial charge in [0.15, 0.2) is 0 Å². The Morgan fingerprint density at radius 3 is 2.33 bits per heavy atom. The van der Waals surface area contributed by atoms with Gasteiger partial charge in [-0.15, -0.1) is 0 Å². The van der Waals surface area contributed by atoms with Gasteiger partial charge in [-0.1, -0.05) is 53.9 Å². The van der Waals surface area contributed by atoms with Crippen LogP contribution in [0.1, 0.15) is 79.6 Å². The van der Waals surface area contributed by atoms with Crippen molar-refractivity contribution in [2.75, 3.05) is 14.2 Å². The fourth-order valence-corrected chi connectivity index (χ4v) is 5.30. The van der Waals surface area contributed by atoms with Crippen LogP contribution in [0.2, 0.25) is 0 Å². The molecule has 4 nitrogen and oxygen atoms in total. The second-order valence-electron chi connectivity index (χ2n) is 9.28. The molecule has 0 radical (unpaired) electrons. The molecule has 0 bridgehead atoms. The Kier molecular flexibility index (Phi) is 8.61. The molecule has 1 amide bonds. The summed E-state index contributed by atoms with van der Waals surface area (Å²) < 4.78 is 11.7. The van der Waals surface area contributed by atoms with Gasteiger partial charge in [-0.3, -0.25) is 4.79 Å². The first kappa shape index (κ1) is 22.7. The van der Waals surface area contributed by atoms with Crippen LogP contribution in [0.5, 0.6) is 0 Å². The van der Waals surface area contributed by atoms with E-state index in [9.17, 15) is 4.79 Å². The molecule has 0 aromatic rings. The number of hydrogen-bond acceptors (Lipinski definition) is 3.